The zero-order chi connectivity index (χ0) is 14.4. The van der Waals surface area contributed by atoms with E-state index in [-0.39, 0.29) is 10.7 Å². The van der Waals surface area contributed by atoms with Crippen molar-refractivity contribution >= 4 is 23.3 Å². The van der Waals surface area contributed by atoms with Crippen molar-refractivity contribution in [1.82, 2.24) is 25.0 Å². The van der Waals surface area contributed by atoms with Gasteiger partial charge in [0.15, 0.2) is 11.0 Å². The molecule has 0 saturated carbocycles. The van der Waals surface area contributed by atoms with E-state index in [1.807, 2.05) is 4.57 Å². The maximum atomic E-state index is 11.3. The number of nitrogens with zero attached hydrogens (tertiary/aromatic N) is 5. The van der Waals surface area contributed by atoms with Crippen LogP contribution < -0.4 is 11.1 Å². The highest BCUT2D eigenvalue weighted by molar-refractivity contribution is 6.29. The third kappa shape index (κ3) is 3.89. The Morgan fingerprint density at radius 1 is 1.30 bits per heavy atom. The summed E-state index contributed by atoms with van der Waals surface area (Å²) in [5.41, 5.74) is 5.50. The summed E-state index contributed by atoms with van der Waals surface area (Å²) in [6.45, 7) is 1.49. The number of unbranched alkanes of at least 4 members (excludes halogenated alkanes) is 1. The standard InChI is InChI=1S/C11H14ClN7O/c12-9-5-8(10(13)20)11(18-17-9)14-3-1-2-4-19-6-15-16-7-19/h5-7H,1-4H2,(H2,13,20)(H,14,18). The Morgan fingerprint density at radius 3 is 2.75 bits per heavy atom. The van der Waals surface area contributed by atoms with Crippen LogP contribution in [0.25, 0.3) is 0 Å². The molecule has 0 aliphatic carbocycles. The molecule has 0 aromatic carbocycles. The van der Waals surface area contributed by atoms with Crippen LogP contribution in [0.15, 0.2) is 18.7 Å². The Labute approximate surface area is 120 Å². The molecular formula is C11H14ClN7O. The van der Waals surface area contributed by atoms with E-state index in [2.05, 4.69) is 25.7 Å². The van der Waals surface area contributed by atoms with Crippen molar-refractivity contribution in [3.63, 3.8) is 0 Å². The molecule has 0 atom stereocenters. The minimum Gasteiger partial charge on any atom is -0.368 e. The summed E-state index contributed by atoms with van der Waals surface area (Å²) in [6, 6.07) is 1.40. The zero-order valence-electron chi connectivity index (χ0n) is 10.7. The molecule has 0 unspecified atom stereocenters. The van der Waals surface area contributed by atoms with Gasteiger partial charge >= 0.3 is 0 Å². The molecule has 2 rings (SSSR count). The van der Waals surface area contributed by atoms with Gasteiger partial charge in [0.1, 0.15) is 12.7 Å². The lowest BCUT2D eigenvalue weighted by atomic mass is 10.2. The van der Waals surface area contributed by atoms with Crippen molar-refractivity contribution in [3.8, 4) is 0 Å². The molecule has 0 spiro atoms. The van der Waals surface area contributed by atoms with Crippen LogP contribution in [0.5, 0.6) is 0 Å². The van der Waals surface area contributed by atoms with Gasteiger partial charge in [-0.25, -0.2) is 0 Å². The van der Waals surface area contributed by atoms with E-state index >= 15 is 0 Å². The van der Waals surface area contributed by atoms with Crippen LogP contribution in [0, 0.1) is 0 Å². The molecule has 1 amide bonds. The fraction of sp³-hybridized carbons (Fsp3) is 0.364. The van der Waals surface area contributed by atoms with Crippen LogP contribution in [0.2, 0.25) is 5.15 Å². The molecule has 0 aliphatic heterocycles. The maximum absolute atomic E-state index is 11.3. The van der Waals surface area contributed by atoms with Crippen LogP contribution in [-0.2, 0) is 6.54 Å². The van der Waals surface area contributed by atoms with Crippen LogP contribution in [0.3, 0.4) is 0 Å². The first-order valence-corrected chi connectivity index (χ1v) is 6.44. The zero-order valence-corrected chi connectivity index (χ0v) is 11.4. The first-order valence-electron chi connectivity index (χ1n) is 6.06. The van der Waals surface area contributed by atoms with E-state index in [9.17, 15) is 4.79 Å². The lowest BCUT2D eigenvalue weighted by Gasteiger charge is -2.08. The van der Waals surface area contributed by atoms with Gasteiger partial charge in [-0.05, 0) is 18.9 Å². The van der Waals surface area contributed by atoms with E-state index in [1.165, 1.54) is 6.07 Å². The topological polar surface area (TPSA) is 112 Å². The van der Waals surface area contributed by atoms with Crippen molar-refractivity contribution in [2.75, 3.05) is 11.9 Å². The molecule has 2 heterocycles. The number of hydrogen-bond donors (Lipinski definition) is 2. The Balaban J connectivity index is 1.80. The van der Waals surface area contributed by atoms with E-state index in [1.54, 1.807) is 12.7 Å². The second-order valence-electron chi connectivity index (χ2n) is 4.13. The molecule has 0 bridgehead atoms. The average molecular weight is 296 g/mol. The van der Waals surface area contributed by atoms with Crippen LogP contribution in [0.1, 0.15) is 23.2 Å². The number of halogens is 1. The van der Waals surface area contributed by atoms with Gasteiger partial charge in [0.25, 0.3) is 5.91 Å². The second-order valence-corrected chi connectivity index (χ2v) is 4.51. The van der Waals surface area contributed by atoms with Gasteiger partial charge in [-0.3, -0.25) is 4.79 Å². The molecule has 0 aliphatic rings. The van der Waals surface area contributed by atoms with Crippen molar-refractivity contribution < 1.29 is 4.79 Å². The number of aromatic nitrogens is 5. The number of carbonyl (C=O) groups excluding carboxylic acids is 1. The van der Waals surface area contributed by atoms with Crippen molar-refractivity contribution in [2.45, 2.75) is 19.4 Å². The third-order valence-corrected chi connectivity index (χ3v) is 2.82. The SMILES string of the molecule is NC(=O)c1cc(Cl)nnc1NCCCCn1cnnc1. The fourth-order valence-electron chi connectivity index (χ4n) is 1.65. The molecule has 9 heteroatoms. The van der Waals surface area contributed by atoms with Gasteiger partial charge in [0.2, 0.25) is 0 Å². The minimum absolute atomic E-state index is 0.136. The van der Waals surface area contributed by atoms with Crippen molar-refractivity contribution in [2.24, 2.45) is 5.73 Å². The Bertz CT molecular complexity index is 572. The number of aryl methyl sites for hydroxylation is 1. The first kappa shape index (κ1) is 14.2. The predicted molar refractivity (Wildman–Crippen MR) is 73.3 cm³/mol. The molecule has 0 fully saturated rings. The summed E-state index contributed by atoms with van der Waals surface area (Å²) in [4.78, 5) is 11.3. The molecule has 20 heavy (non-hydrogen) atoms. The number of nitrogens with two attached hydrogens (primary N) is 1. The molecule has 0 radical (unpaired) electrons. The van der Waals surface area contributed by atoms with Crippen molar-refractivity contribution in [3.05, 3.63) is 29.4 Å². The highest BCUT2D eigenvalue weighted by Crippen LogP contribution is 2.14. The number of hydrogen-bond acceptors (Lipinski definition) is 6. The summed E-state index contributed by atoms with van der Waals surface area (Å²) in [5, 5.41) is 18.1. The summed E-state index contributed by atoms with van der Waals surface area (Å²) >= 11 is 5.68. The second kappa shape index (κ2) is 6.80. The maximum Gasteiger partial charge on any atom is 0.252 e. The van der Waals surface area contributed by atoms with Gasteiger partial charge in [-0.2, -0.15) is 0 Å². The predicted octanol–water partition coefficient (Wildman–Crippen LogP) is 0.713. The largest absolute Gasteiger partial charge is 0.368 e. The number of nitrogens with one attached hydrogen (secondary N) is 1. The van der Waals surface area contributed by atoms with Gasteiger partial charge in [0, 0.05) is 13.1 Å². The molecule has 0 saturated heterocycles. The lowest BCUT2D eigenvalue weighted by molar-refractivity contribution is 0.100. The fourth-order valence-corrected chi connectivity index (χ4v) is 1.80. The first-order chi connectivity index (χ1) is 9.66. The Kier molecular flexibility index (Phi) is 4.83. The third-order valence-electron chi connectivity index (χ3n) is 2.63. The number of rotatable bonds is 7. The number of primary amides is 1. The summed E-state index contributed by atoms with van der Waals surface area (Å²) < 4.78 is 1.90. The summed E-state index contributed by atoms with van der Waals surface area (Å²) in [6.07, 6.45) is 5.17. The molecule has 2 aromatic heterocycles. The minimum atomic E-state index is -0.589. The van der Waals surface area contributed by atoms with E-state index in [0.717, 1.165) is 19.4 Å². The molecule has 106 valence electrons. The molecule has 2 aromatic rings. The molecule has 8 nitrogen and oxygen atoms in total. The quantitative estimate of drug-likeness (QED) is 0.728. The van der Waals surface area contributed by atoms with Gasteiger partial charge in [-0.15, -0.1) is 20.4 Å². The van der Waals surface area contributed by atoms with Crippen LogP contribution in [0.4, 0.5) is 5.82 Å². The highest BCUT2D eigenvalue weighted by atomic mass is 35.5. The number of anilines is 1. The lowest BCUT2D eigenvalue weighted by Crippen LogP contribution is -2.17. The van der Waals surface area contributed by atoms with E-state index in [4.69, 9.17) is 17.3 Å². The van der Waals surface area contributed by atoms with E-state index in [0.29, 0.717) is 12.4 Å². The average Bonchev–Trinajstić information content (AvgIpc) is 2.92. The van der Waals surface area contributed by atoms with Crippen molar-refractivity contribution in [1.29, 1.82) is 0 Å². The monoisotopic (exact) mass is 295 g/mol. The Hall–Kier alpha value is -2.22. The number of carbonyl (C=O) groups is 1. The van der Waals surface area contributed by atoms with Gasteiger partial charge in [-0.1, -0.05) is 11.6 Å². The smallest absolute Gasteiger partial charge is 0.252 e. The van der Waals surface area contributed by atoms with E-state index < -0.39 is 5.91 Å². The van der Waals surface area contributed by atoms with Crippen LogP contribution >= 0.6 is 11.6 Å². The summed E-state index contributed by atoms with van der Waals surface area (Å²) in [5.74, 6) is -0.236. The van der Waals surface area contributed by atoms with Gasteiger partial charge in [0.05, 0.1) is 5.56 Å². The summed E-state index contributed by atoms with van der Waals surface area (Å²) in [7, 11) is 0. The van der Waals surface area contributed by atoms with Crippen LogP contribution in [-0.4, -0.2) is 37.4 Å². The Morgan fingerprint density at radius 2 is 2.05 bits per heavy atom. The molecular weight excluding hydrogens is 282 g/mol. The number of amides is 1. The normalized spacial score (nSPS) is 10.4. The molecule has 3 N–H and O–H groups in total. The highest BCUT2D eigenvalue weighted by Gasteiger charge is 2.10. The van der Waals surface area contributed by atoms with Gasteiger partial charge < -0.3 is 15.6 Å².